The van der Waals surface area contributed by atoms with E-state index < -0.39 is 5.60 Å². The van der Waals surface area contributed by atoms with Gasteiger partial charge >= 0.3 is 6.09 Å². The monoisotopic (exact) mass is 270 g/mol. The van der Waals surface area contributed by atoms with Crippen LogP contribution in [0.5, 0.6) is 0 Å². The minimum absolute atomic E-state index is 0.172. The van der Waals surface area contributed by atoms with Crippen LogP contribution in [0.25, 0.3) is 0 Å². The van der Waals surface area contributed by atoms with E-state index in [0.717, 1.165) is 19.5 Å². The first-order valence-corrected chi connectivity index (χ1v) is 7.43. The number of hydrogen-bond donors (Lipinski definition) is 1. The van der Waals surface area contributed by atoms with E-state index in [2.05, 4.69) is 26.1 Å². The number of hydrogen-bond acceptors (Lipinski definition) is 3. The molecule has 19 heavy (non-hydrogen) atoms. The van der Waals surface area contributed by atoms with Gasteiger partial charge in [0.2, 0.25) is 0 Å². The molecule has 4 heteroatoms. The Bertz CT molecular complexity index is 297. The van der Waals surface area contributed by atoms with Crippen LogP contribution in [0.4, 0.5) is 4.79 Å². The van der Waals surface area contributed by atoms with E-state index in [-0.39, 0.29) is 6.09 Å². The summed E-state index contributed by atoms with van der Waals surface area (Å²) in [5.41, 5.74) is -0.411. The number of likely N-dealkylation sites (tertiary alicyclic amines) is 1. The van der Waals surface area contributed by atoms with Gasteiger partial charge in [-0.05, 0) is 46.5 Å². The summed E-state index contributed by atoms with van der Waals surface area (Å²) in [5, 5.41) is 3.54. The molecule has 0 spiro atoms. The number of piperidine rings is 1. The maximum absolute atomic E-state index is 12.1. The summed E-state index contributed by atoms with van der Waals surface area (Å²) in [6.45, 7) is 13.9. The zero-order chi connectivity index (χ0) is 14.6. The Labute approximate surface area is 117 Å². The molecule has 0 aromatic heterocycles. The van der Waals surface area contributed by atoms with Gasteiger partial charge in [0.05, 0.1) is 0 Å². The first-order chi connectivity index (χ1) is 8.69. The van der Waals surface area contributed by atoms with Crippen LogP contribution in [0, 0.1) is 5.92 Å². The van der Waals surface area contributed by atoms with Gasteiger partial charge in [-0.25, -0.2) is 4.79 Å². The van der Waals surface area contributed by atoms with Gasteiger partial charge in [0.1, 0.15) is 5.60 Å². The van der Waals surface area contributed by atoms with Crippen molar-refractivity contribution in [1.82, 2.24) is 10.2 Å². The Morgan fingerprint density at radius 3 is 2.47 bits per heavy atom. The predicted octanol–water partition coefficient (Wildman–Crippen LogP) is 3.02. The third kappa shape index (κ3) is 5.81. The first kappa shape index (κ1) is 16.3. The Hall–Kier alpha value is -0.770. The van der Waals surface area contributed by atoms with E-state index in [1.165, 1.54) is 6.42 Å². The molecule has 1 heterocycles. The van der Waals surface area contributed by atoms with Crippen LogP contribution in [0.1, 0.15) is 54.4 Å². The fourth-order valence-electron chi connectivity index (χ4n) is 2.57. The fraction of sp³-hybridized carbons (Fsp3) is 0.933. The van der Waals surface area contributed by atoms with Crippen molar-refractivity contribution in [2.24, 2.45) is 5.92 Å². The van der Waals surface area contributed by atoms with E-state index in [1.807, 2.05) is 25.7 Å². The number of rotatable bonds is 3. The molecule has 0 bridgehead atoms. The summed E-state index contributed by atoms with van der Waals surface area (Å²) in [7, 11) is 0. The van der Waals surface area contributed by atoms with Crippen molar-refractivity contribution in [2.45, 2.75) is 72.1 Å². The molecule has 1 rings (SSSR count). The zero-order valence-corrected chi connectivity index (χ0v) is 13.3. The van der Waals surface area contributed by atoms with Crippen molar-refractivity contribution in [1.29, 1.82) is 0 Å². The average Bonchev–Trinajstić information content (AvgIpc) is 2.26. The Morgan fingerprint density at radius 2 is 1.95 bits per heavy atom. The number of nitrogens with one attached hydrogen (secondary N) is 1. The normalized spacial score (nSPS) is 22.5. The molecule has 1 fully saturated rings. The molecule has 0 radical (unpaired) electrons. The largest absolute Gasteiger partial charge is 0.444 e. The predicted molar refractivity (Wildman–Crippen MR) is 78.3 cm³/mol. The summed E-state index contributed by atoms with van der Waals surface area (Å²) < 4.78 is 5.45. The minimum Gasteiger partial charge on any atom is -0.444 e. The van der Waals surface area contributed by atoms with Crippen molar-refractivity contribution in [3.8, 4) is 0 Å². The lowest BCUT2D eigenvalue weighted by molar-refractivity contribution is 0.0147. The average molecular weight is 270 g/mol. The van der Waals surface area contributed by atoms with Crippen molar-refractivity contribution < 1.29 is 9.53 Å². The number of amides is 1. The molecule has 1 aliphatic rings. The smallest absolute Gasteiger partial charge is 0.410 e. The Balaban J connectivity index is 2.52. The first-order valence-electron chi connectivity index (χ1n) is 7.43. The molecule has 0 aliphatic carbocycles. The molecule has 2 atom stereocenters. The number of ether oxygens (including phenoxy) is 1. The third-order valence-corrected chi connectivity index (χ3v) is 3.41. The zero-order valence-electron chi connectivity index (χ0n) is 13.3. The molecule has 0 aromatic rings. The van der Waals surface area contributed by atoms with Gasteiger partial charge in [-0.3, -0.25) is 0 Å². The van der Waals surface area contributed by atoms with Gasteiger partial charge in [-0.15, -0.1) is 0 Å². The van der Waals surface area contributed by atoms with Crippen LogP contribution in [-0.2, 0) is 4.74 Å². The molecule has 1 N–H and O–H groups in total. The van der Waals surface area contributed by atoms with Crippen LogP contribution < -0.4 is 5.32 Å². The second kappa shape index (κ2) is 6.60. The highest BCUT2D eigenvalue weighted by atomic mass is 16.6. The third-order valence-electron chi connectivity index (χ3n) is 3.41. The van der Waals surface area contributed by atoms with E-state index in [4.69, 9.17) is 4.74 Å². The highest BCUT2D eigenvalue weighted by Crippen LogP contribution is 2.22. The molecule has 4 nitrogen and oxygen atoms in total. The summed E-state index contributed by atoms with van der Waals surface area (Å²) in [6.07, 6.45) is 2.07. The standard InChI is InChI=1S/C15H30N2O2/c1-11(2)16-12(3)13-8-7-9-17(10-13)14(18)19-15(4,5)6/h11-13,16H,7-10H2,1-6H3/t12-,13+/m1/s1. The molecular formula is C15H30N2O2. The molecule has 1 aliphatic heterocycles. The van der Waals surface area contributed by atoms with Gasteiger partial charge in [0.15, 0.2) is 0 Å². The molecule has 0 aromatic carbocycles. The van der Waals surface area contributed by atoms with Crippen LogP contribution in [0.15, 0.2) is 0 Å². The quantitative estimate of drug-likeness (QED) is 0.857. The number of nitrogens with zero attached hydrogens (tertiary/aromatic N) is 1. The second-order valence-electron chi connectivity index (χ2n) is 6.94. The van der Waals surface area contributed by atoms with Crippen molar-refractivity contribution in [3.63, 3.8) is 0 Å². The van der Waals surface area contributed by atoms with Crippen molar-refractivity contribution in [3.05, 3.63) is 0 Å². The SMILES string of the molecule is CC(C)N[C@H](C)[C@H]1CCCN(C(=O)OC(C)(C)C)C1. The van der Waals surface area contributed by atoms with Gasteiger partial charge in [-0.1, -0.05) is 13.8 Å². The van der Waals surface area contributed by atoms with Crippen molar-refractivity contribution >= 4 is 6.09 Å². The summed E-state index contributed by atoms with van der Waals surface area (Å²) >= 11 is 0. The molecule has 0 unspecified atom stereocenters. The van der Waals surface area contributed by atoms with Crippen LogP contribution in [0.3, 0.4) is 0 Å². The van der Waals surface area contributed by atoms with E-state index in [9.17, 15) is 4.79 Å². The lowest BCUT2D eigenvalue weighted by Crippen LogP contribution is -2.49. The van der Waals surface area contributed by atoms with Gasteiger partial charge in [-0.2, -0.15) is 0 Å². The topological polar surface area (TPSA) is 41.6 Å². The molecule has 112 valence electrons. The number of carbonyl (C=O) groups excluding carboxylic acids is 1. The maximum atomic E-state index is 12.1. The highest BCUT2D eigenvalue weighted by molar-refractivity contribution is 5.68. The summed E-state index contributed by atoms with van der Waals surface area (Å²) in [6, 6.07) is 0.914. The molecular weight excluding hydrogens is 240 g/mol. The van der Waals surface area contributed by atoms with Gasteiger partial charge in [0.25, 0.3) is 0 Å². The van der Waals surface area contributed by atoms with E-state index in [1.54, 1.807) is 0 Å². The summed E-state index contributed by atoms with van der Waals surface area (Å²) in [5.74, 6) is 0.517. The van der Waals surface area contributed by atoms with Crippen LogP contribution >= 0.6 is 0 Å². The Kier molecular flexibility index (Phi) is 5.65. The molecule has 0 saturated carbocycles. The van der Waals surface area contributed by atoms with Gasteiger partial charge < -0.3 is 15.0 Å². The number of carbonyl (C=O) groups is 1. The summed E-state index contributed by atoms with van der Waals surface area (Å²) in [4.78, 5) is 13.9. The second-order valence-corrected chi connectivity index (χ2v) is 6.94. The lowest BCUT2D eigenvalue weighted by Gasteiger charge is -2.37. The Morgan fingerprint density at radius 1 is 1.32 bits per heavy atom. The van der Waals surface area contributed by atoms with Crippen molar-refractivity contribution in [2.75, 3.05) is 13.1 Å². The minimum atomic E-state index is -0.411. The molecule has 1 amide bonds. The fourth-order valence-corrected chi connectivity index (χ4v) is 2.57. The lowest BCUT2D eigenvalue weighted by atomic mass is 9.91. The van der Waals surface area contributed by atoms with E-state index >= 15 is 0 Å². The molecule has 1 saturated heterocycles. The van der Waals surface area contributed by atoms with Crippen LogP contribution in [-0.4, -0.2) is 41.8 Å². The van der Waals surface area contributed by atoms with Gasteiger partial charge in [0, 0.05) is 25.2 Å². The highest BCUT2D eigenvalue weighted by Gasteiger charge is 2.30. The van der Waals surface area contributed by atoms with Crippen LogP contribution in [0.2, 0.25) is 0 Å². The maximum Gasteiger partial charge on any atom is 0.410 e. The van der Waals surface area contributed by atoms with E-state index in [0.29, 0.717) is 18.0 Å².